The zero-order valence-electron chi connectivity index (χ0n) is 16.2. The number of hydrogen-bond donors (Lipinski definition) is 3. The van der Waals surface area contributed by atoms with Gasteiger partial charge in [-0.1, -0.05) is 6.07 Å². The third-order valence-electron chi connectivity index (χ3n) is 4.54. The molecule has 1 amide bonds. The van der Waals surface area contributed by atoms with Crippen LogP contribution in [0.25, 0.3) is 0 Å². The summed E-state index contributed by atoms with van der Waals surface area (Å²) in [6.45, 7) is 1.52. The van der Waals surface area contributed by atoms with Gasteiger partial charge in [-0.3, -0.25) is 13.9 Å². The van der Waals surface area contributed by atoms with Gasteiger partial charge in [-0.15, -0.1) is 10.8 Å². The quantitative estimate of drug-likeness (QED) is 0.616. The van der Waals surface area contributed by atoms with Crippen molar-refractivity contribution in [1.29, 1.82) is 5.26 Å². The van der Waals surface area contributed by atoms with Crippen LogP contribution in [0.15, 0.2) is 47.4 Å². The van der Waals surface area contributed by atoms with E-state index in [-0.39, 0.29) is 27.3 Å². The molecule has 0 bridgehead atoms. The van der Waals surface area contributed by atoms with E-state index in [2.05, 4.69) is 5.32 Å². The molecule has 1 heterocycles. The second-order valence-corrected chi connectivity index (χ2v) is 8.43. The van der Waals surface area contributed by atoms with E-state index in [1.165, 1.54) is 41.7 Å². The molecule has 0 unspecified atom stereocenters. The second-order valence-electron chi connectivity index (χ2n) is 6.41. The summed E-state index contributed by atoms with van der Waals surface area (Å²) in [6, 6.07) is 12.2. The van der Waals surface area contributed by atoms with E-state index in [4.69, 9.17) is 14.7 Å². The van der Waals surface area contributed by atoms with Crippen LogP contribution >= 0.6 is 10.8 Å². The second kappa shape index (κ2) is 9.25. The van der Waals surface area contributed by atoms with Crippen molar-refractivity contribution in [3.05, 3.63) is 59.2 Å². The minimum atomic E-state index is -3.26. The smallest absolute Gasteiger partial charge is 0.340 e. The molecule has 0 aromatic heterocycles. The van der Waals surface area contributed by atoms with Gasteiger partial charge in [0.1, 0.15) is 0 Å². The van der Waals surface area contributed by atoms with E-state index in [1.54, 1.807) is 12.1 Å². The maximum Gasteiger partial charge on any atom is 0.340 e. The zero-order valence-corrected chi connectivity index (χ0v) is 17.0. The van der Waals surface area contributed by atoms with Crippen LogP contribution in [0.5, 0.6) is 0 Å². The Morgan fingerprint density at radius 2 is 1.93 bits per heavy atom. The van der Waals surface area contributed by atoms with Crippen LogP contribution in [0.3, 0.4) is 0 Å². The number of nitrogens with one attached hydrogen (secondary N) is 1. The predicted octanol–water partition coefficient (Wildman–Crippen LogP) is 2.95. The van der Waals surface area contributed by atoms with E-state index >= 15 is 0 Å². The molecule has 1 aliphatic heterocycles. The van der Waals surface area contributed by atoms with E-state index in [1.807, 2.05) is 6.07 Å². The Balaban J connectivity index is 1.86. The van der Waals surface area contributed by atoms with Crippen LogP contribution in [-0.2, 0) is 9.47 Å². The van der Waals surface area contributed by atoms with Gasteiger partial charge in [0.2, 0.25) is 0 Å². The van der Waals surface area contributed by atoms with Crippen molar-refractivity contribution >= 4 is 28.3 Å². The highest BCUT2D eigenvalue weighted by Gasteiger charge is 2.27. The highest BCUT2D eigenvalue weighted by Crippen LogP contribution is 2.51. The van der Waals surface area contributed by atoms with Gasteiger partial charge in [0.15, 0.2) is 0 Å². The molecule has 0 aliphatic carbocycles. The Morgan fingerprint density at radius 1 is 1.20 bits per heavy atom. The van der Waals surface area contributed by atoms with Gasteiger partial charge in [-0.05, 0) is 36.4 Å². The number of benzene rings is 2. The van der Waals surface area contributed by atoms with Crippen molar-refractivity contribution < 1.29 is 28.2 Å². The number of morpholine rings is 1. The number of amides is 1. The first-order valence-corrected chi connectivity index (χ1v) is 10.5. The van der Waals surface area contributed by atoms with Gasteiger partial charge in [-0.2, -0.15) is 9.57 Å². The minimum Gasteiger partial charge on any atom is -0.465 e. The summed E-state index contributed by atoms with van der Waals surface area (Å²) in [5.41, 5.74) is 0.644. The lowest BCUT2D eigenvalue weighted by molar-refractivity contribution is 0.0602. The molecule has 3 N–H and O–H groups in total. The Labute approximate surface area is 175 Å². The molecule has 3 rings (SSSR count). The molecule has 10 heteroatoms. The van der Waals surface area contributed by atoms with Gasteiger partial charge in [0.25, 0.3) is 5.91 Å². The molecule has 1 saturated heterocycles. The van der Waals surface area contributed by atoms with Gasteiger partial charge in [0, 0.05) is 18.7 Å². The van der Waals surface area contributed by atoms with Gasteiger partial charge < -0.3 is 14.8 Å². The molecule has 0 radical (unpaired) electrons. The maximum absolute atomic E-state index is 12.8. The fraction of sp³-hybridized carbons (Fsp3) is 0.250. The van der Waals surface area contributed by atoms with Crippen molar-refractivity contribution in [1.82, 2.24) is 4.31 Å². The van der Waals surface area contributed by atoms with Gasteiger partial charge in [-0.25, -0.2) is 4.79 Å². The summed E-state index contributed by atoms with van der Waals surface area (Å²) in [5.74, 6) is -1.25. The SMILES string of the molecule is COC(=O)c1cc(C#N)ccc1NC(=O)c1cccc(S(O)(O)N2CCOCC2)c1. The van der Waals surface area contributed by atoms with Crippen LogP contribution in [0.4, 0.5) is 5.69 Å². The first-order chi connectivity index (χ1) is 14.4. The summed E-state index contributed by atoms with van der Waals surface area (Å²) in [4.78, 5) is 25.0. The molecule has 2 aromatic carbocycles. The predicted molar refractivity (Wildman–Crippen MR) is 110 cm³/mol. The summed E-state index contributed by atoms with van der Waals surface area (Å²) in [6.07, 6.45) is 0. The average molecular weight is 431 g/mol. The number of carbonyl (C=O) groups is 2. The van der Waals surface area contributed by atoms with E-state index in [0.29, 0.717) is 26.3 Å². The number of anilines is 1. The number of rotatable bonds is 5. The van der Waals surface area contributed by atoms with Crippen LogP contribution < -0.4 is 5.32 Å². The average Bonchev–Trinajstić information content (AvgIpc) is 2.79. The molecule has 30 heavy (non-hydrogen) atoms. The molecule has 9 nitrogen and oxygen atoms in total. The number of ether oxygens (including phenoxy) is 2. The zero-order chi connectivity index (χ0) is 21.7. The lowest BCUT2D eigenvalue weighted by Crippen LogP contribution is -2.38. The lowest BCUT2D eigenvalue weighted by atomic mass is 10.1. The third kappa shape index (κ3) is 4.62. The first kappa shape index (κ1) is 21.8. The first-order valence-electron chi connectivity index (χ1n) is 9.02. The fourth-order valence-electron chi connectivity index (χ4n) is 2.95. The Morgan fingerprint density at radius 3 is 2.60 bits per heavy atom. The number of hydrogen-bond acceptors (Lipinski definition) is 8. The van der Waals surface area contributed by atoms with Crippen LogP contribution in [-0.4, -0.2) is 58.7 Å². The minimum absolute atomic E-state index is 0.0404. The van der Waals surface area contributed by atoms with E-state index in [9.17, 15) is 18.7 Å². The highest BCUT2D eigenvalue weighted by atomic mass is 32.3. The van der Waals surface area contributed by atoms with Gasteiger partial charge in [0.05, 0.1) is 48.1 Å². The van der Waals surface area contributed by atoms with E-state index < -0.39 is 22.7 Å². The lowest BCUT2D eigenvalue weighted by Gasteiger charge is -2.44. The summed E-state index contributed by atoms with van der Waals surface area (Å²) >= 11 is 0. The monoisotopic (exact) mass is 431 g/mol. The normalized spacial score (nSPS) is 15.1. The van der Waals surface area contributed by atoms with Crippen molar-refractivity contribution in [2.75, 3.05) is 38.7 Å². The molecule has 1 fully saturated rings. The summed E-state index contributed by atoms with van der Waals surface area (Å²) in [7, 11) is -2.06. The maximum atomic E-state index is 12.8. The van der Waals surface area contributed by atoms with Gasteiger partial charge >= 0.3 is 5.97 Å². The third-order valence-corrected chi connectivity index (χ3v) is 6.52. The standard InChI is InChI=1S/C20H21N3O6S/c1-28-20(25)17-11-14(13-21)5-6-18(17)22-19(24)15-3-2-4-16(12-15)30(26,27)23-7-9-29-10-8-23/h2-6,11-12,26-27H,7-10H2,1H3,(H,22,24). The Kier molecular flexibility index (Phi) is 6.71. The van der Waals surface area contributed by atoms with Crippen LogP contribution in [0.2, 0.25) is 0 Å². The molecule has 2 aromatic rings. The molecule has 158 valence electrons. The highest BCUT2D eigenvalue weighted by molar-refractivity contribution is 8.22. The molecule has 0 spiro atoms. The molecular formula is C20H21N3O6S. The summed E-state index contributed by atoms with van der Waals surface area (Å²) < 4.78 is 32.9. The Bertz CT molecular complexity index is 998. The fourth-order valence-corrected chi connectivity index (χ4v) is 4.46. The van der Waals surface area contributed by atoms with Crippen molar-refractivity contribution in [3.8, 4) is 6.07 Å². The number of carbonyl (C=O) groups excluding carboxylic acids is 2. The number of esters is 1. The topological polar surface area (TPSA) is 132 Å². The number of methoxy groups -OCH3 is 1. The van der Waals surface area contributed by atoms with Crippen molar-refractivity contribution in [3.63, 3.8) is 0 Å². The largest absolute Gasteiger partial charge is 0.465 e. The van der Waals surface area contributed by atoms with E-state index in [0.717, 1.165) is 0 Å². The van der Waals surface area contributed by atoms with Crippen LogP contribution in [0.1, 0.15) is 26.3 Å². The number of nitrogens with zero attached hydrogens (tertiary/aromatic N) is 2. The molecular weight excluding hydrogens is 410 g/mol. The molecule has 1 aliphatic rings. The number of nitriles is 1. The van der Waals surface area contributed by atoms with Crippen molar-refractivity contribution in [2.24, 2.45) is 0 Å². The summed E-state index contributed by atoms with van der Waals surface area (Å²) in [5, 5.41) is 11.7. The Hall–Kier alpha value is -2.94. The molecule has 0 saturated carbocycles. The molecule has 0 atom stereocenters. The van der Waals surface area contributed by atoms with Crippen LogP contribution in [0, 0.1) is 11.3 Å². The van der Waals surface area contributed by atoms with Crippen molar-refractivity contribution in [2.45, 2.75) is 4.90 Å².